The van der Waals surface area contributed by atoms with Crippen LogP contribution in [0.2, 0.25) is 0 Å². The maximum Gasteiger partial charge on any atom is 0.747 e. The van der Waals surface area contributed by atoms with Crippen molar-refractivity contribution in [3.8, 4) is 11.5 Å². The van der Waals surface area contributed by atoms with E-state index >= 15 is 0 Å². The lowest BCUT2D eigenvalue weighted by molar-refractivity contribution is 0.354. The van der Waals surface area contributed by atoms with Gasteiger partial charge in [0, 0.05) is 44.1 Å². The average molecular weight is 593 g/mol. The highest BCUT2D eigenvalue weighted by Crippen LogP contribution is 2.51. The van der Waals surface area contributed by atoms with Crippen LogP contribution in [0.15, 0.2) is 91.1 Å². The fourth-order valence-electron chi connectivity index (χ4n) is 4.30. The summed E-state index contributed by atoms with van der Waals surface area (Å²) in [7, 11) is -5.54. The Morgan fingerprint density at radius 1 is 0.763 bits per heavy atom. The molecule has 14 heteroatoms. The maximum atomic E-state index is 11.0. The third kappa shape index (κ3) is 4.91. The number of anilines is 2. The third-order valence-corrected chi connectivity index (χ3v) is 8.88. The zero-order chi connectivity index (χ0) is 27.1. The van der Waals surface area contributed by atoms with E-state index < -0.39 is 16.5 Å². The van der Waals surface area contributed by atoms with Gasteiger partial charge in [-0.05, 0) is 50.3 Å². The molecule has 2 aromatic carbocycles. The fourth-order valence-corrected chi connectivity index (χ4v) is 7.29. The van der Waals surface area contributed by atoms with Crippen LogP contribution in [0.4, 0.5) is 11.4 Å². The van der Waals surface area contributed by atoms with Crippen LogP contribution in [0.25, 0.3) is 0 Å². The van der Waals surface area contributed by atoms with Crippen molar-refractivity contribution in [3.63, 3.8) is 0 Å². The Bertz CT molecular complexity index is 1380. The van der Waals surface area contributed by atoms with Crippen LogP contribution in [0, 0.1) is 0 Å². The van der Waals surface area contributed by atoms with Crippen molar-refractivity contribution in [2.45, 2.75) is 23.6 Å². The molecule has 0 saturated carbocycles. The predicted octanol–water partition coefficient (Wildman–Crippen LogP) is 6.63. The molecule has 10 nitrogen and oxygen atoms in total. The summed E-state index contributed by atoms with van der Waals surface area (Å²) in [5.41, 5.74) is 2.41. The molecular formula is C24H22N2O8P2S2+2. The molecule has 2 aliphatic heterocycles. The summed E-state index contributed by atoms with van der Waals surface area (Å²) < 4.78 is 31.9. The van der Waals surface area contributed by atoms with Gasteiger partial charge in [0.2, 0.25) is 0 Å². The second kappa shape index (κ2) is 10.6. The Balaban J connectivity index is 1.38. The lowest BCUT2D eigenvalue weighted by Crippen LogP contribution is -2.19. The number of nitrogens with zero attached hydrogens (tertiary/aromatic N) is 2. The summed E-state index contributed by atoms with van der Waals surface area (Å²) in [4.78, 5) is 23.7. The zero-order valence-electron chi connectivity index (χ0n) is 20.1. The largest absolute Gasteiger partial charge is 0.747 e. The summed E-state index contributed by atoms with van der Waals surface area (Å²) in [5, 5.41) is 23.3. The topological polar surface area (TPSA) is 140 Å². The SMILES string of the molecule is CCN1C(=CC2=C(O)C(/C=C3\Sc4cc(O[P+](=O)O)ccc4N3CC)=C2O)Sc2cc(O[P+](=O)O)ccc21. The molecule has 0 saturated heterocycles. The van der Waals surface area contributed by atoms with Gasteiger partial charge in [0.1, 0.15) is 11.5 Å². The summed E-state index contributed by atoms with van der Waals surface area (Å²) in [6.07, 6.45) is 3.42. The van der Waals surface area contributed by atoms with Crippen molar-refractivity contribution in [3.05, 3.63) is 81.3 Å². The Labute approximate surface area is 228 Å². The molecule has 5 rings (SSSR count). The van der Waals surface area contributed by atoms with Gasteiger partial charge in [-0.15, -0.1) is 9.79 Å². The highest BCUT2D eigenvalue weighted by molar-refractivity contribution is 8.04. The molecular weight excluding hydrogens is 570 g/mol. The molecule has 2 aromatic rings. The lowest BCUT2D eigenvalue weighted by Gasteiger charge is -2.24. The van der Waals surface area contributed by atoms with E-state index in [-0.39, 0.29) is 23.0 Å². The van der Waals surface area contributed by atoms with Crippen LogP contribution in [-0.4, -0.2) is 33.1 Å². The number of aliphatic hydroxyl groups is 2. The molecule has 0 bridgehead atoms. The molecule has 1 aliphatic carbocycles. The number of hydrogen-bond donors (Lipinski definition) is 4. The molecule has 3 aliphatic rings. The zero-order valence-corrected chi connectivity index (χ0v) is 23.5. The summed E-state index contributed by atoms with van der Waals surface area (Å²) in [5.74, 6) is 0.480. The number of allylic oxidation sites excluding steroid dienone is 2. The number of hydrogen-bond acceptors (Lipinski definition) is 10. The molecule has 2 unspecified atom stereocenters. The van der Waals surface area contributed by atoms with E-state index in [1.807, 2.05) is 23.6 Å². The number of rotatable bonds is 8. The first-order valence-electron chi connectivity index (χ1n) is 11.4. The fraction of sp³-hybridized carbons (Fsp3) is 0.167. The first-order valence-corrected chi connectivity index (χ1v) is 15.3. The molecule has 0 amide bonds. The second-order valence-electron chi connectivity index (χ2n) is 8.10. The van der Waals surface area contributed by atoms with Crippen LogP contribution in [0.3, 0.4) is 0 Å². The molecule has 38 heavy (non-hydrogen) atoms. The maximum absolute atomic E-state index is 11.0. The predicted molar refractivity (Wildman–Crippen MR) is 147 cm³/mol. The van der Waals surface area contributed by atoms with Crippen molar-refractivity contribution in [2.24, 2.45) is 0 Å². The van der Waals surface area contributed by atoms with E-state index in [9.17, 15) is 19.3 Å². The van der Waals surface area contributed by atoms with Gasteiger partial charge in [0.25, 0.3) is 0 Å². The van der Waals surface area contributed by atoms with Crippen molar-refractivity contribution in [1.29, 1.82) is 0 Å². The van der Waals surface area contributed by atoms with Crippen molar-refractivity contribution in [1.82, 2.24) is 0 Å². The highest BCUT2D eigenvalue weighted by atomic mass is 32.2. The molecule has 0 aromatic heterocycles. The highest BCUT2D eigenvalue weighted by Gasteiger charge is 2.33. The van der Waals surface area contributed by atoms with Gasteiger partial charge in [0.15, 0.2) is 11.5 Å². The number of thioether (sulfide) groups is 2. The van der Waals surface area contributed by atoms with E-state index in [0.29, 0.717) is 24.2 Å². The number of aliphatic hydroxyl groups excluding tert-OH is 2. The lowest BCUT2D eigenvalue weighted by atomic mass is 9.93. The summed E-state index contributed by atoms with van der Waals surface area (Å²) in [6, 6.07) is 10.2. The van der Waals surface area contributed by atoms with Crippen molar-refractivity contribution >= 4 is 51.4 Å². The second-order valence-corrected chi connectivity index (χ2v) is 11.5. The van der Waals surface area contributed by atoms with E-state index in [1.165, 1.54) is 23.5 Å². The Kier molecular flexibility index (Phi) is 7.46. The Hall–Kier alpha value is -2.98. The monoisotopic (exact) mass is 592 g/mol. The smallest absolute Gasteiger partial charge is 0.506 e. The molecule has 0 radical (unpaired) electrons. The minimum absolute atomic E-state index is 0.0367. The standard InChI is InChI=1S/C24H20N2O8P2S2/c1-3-25-17-7-5-13(33-35(29)30)9-19(17)37-21(25)11-15-23(27)16(24(15)28)12-22-26(4-2)18-8-6-14(34-36(31)32)10-20(18)38-22/h5-12H,3-4H2,1-2H3,(H2-2,27,28,29,30,31,32)/p+2/b21-11-,22-12?. The molecule has 196 valence electrons. The normalized spacial score (nSPS) is 19.2. The van der Waals surface area contributed by atoms with Crippen LogP contribution in [-0.2, 0) is 9.13 Å². The summed E-state index contributed by atoms with van der Waals surface area (Å²) >= 11 is 2.80. The number of fused-ring (bicyclic) bond motifs is 2. The summed E-state index contributed by atoms with van der Waals surface area (Å²) in [6.45, 7) is 5.21. The Morgan fingerprint density at radius 3 is 1.50 bits per heavy atom. The average Bonchev–Trinajstić information content (AvgIpc) is 3.40. The third-order valence-electron chi connectivity index (χ3n) is 5.96. The van der Waals surface area contributed by atoms with Crippen molar-refractivity contribution in [2.75, 3.05) is 22.9 Å². The minimum Gasteiger partial charge on any atom is -0.506 e. The van der Waals surface area contributed by atoms with Crippen molar-refractivity contribution < 1.29 is 38.2 Å². The van der Waals surface area contributed by atoms with Gasteiger partial charge in [-0.1, -0.05) is 23.5 Å². The van der Waals surface area contributed by atoms with E-state index in [0.717, 1.165) is 31.2 Å². The van der Waals surface area contributed by atoms with E-state index in [1.54, 1.807) is 48.6 Å². The van der Waals surface area contributed by atoms with Crippen LogP contribution >= 0.6 is 40.0 Å². The number of benzene rings is 2. The van der Waals surface area contributed by atoms with Crippen LogP contribution in [0.1, 0.15) is 13.8 Å². The minimum atomic E-state index is -2.77. The van der Waals surface area contributed by atoms with Gasteiger partial charge < -0.3 is 20.0 Å². The van der Waals surface area contributed by atoms with Crippen LogP contribution in [0.5, 0.6) is 11.5 Å². The molecule has 2 heterocycles. The van der Waals surface area contributed by atoms with Crippen LogP contribution < -0.4 is 18.8 Å². The Morgan fingerprint density at radius 2 is 1.16 bits per heavy atom. The quantitative estimate of drug-likeness (QED) is 0.245. The van der Waals surface area contributed by atoms with Gasteiger partial charge >= 0.3 is 16.5 Å². The molecule has 0 spiro atoms. The van der Waals surface area contributed by atoms with E-state index in [2.05, 4.69) is 0 Å². The molecule has 4 N–H and O–H groups in total. The van der Waals surface area contributed by atoms with Gasteiger partial charge in [0.05, 0.1) is 32.6 Å². The molecule has 2 atom stereocenters. The first kappa shape index (κ1) is 26.6. The van der Waals surface area contributed by atoms with Gasteiger partial charge in [-0.25, -0.2) is 9.05 Å². The van der Waals surface area contributed by atoms with Gasteiger partial charge in [-0.3, -0.25) is 0 Å². The van der Waals surface area contributed by atoms with Gasteiger partial charge in [-0.2, -0.15) is 0 Å². The van der Waals surface area contributed by atoms with E-state index in [4.69, 9.17) is 18.8 Å². The first-order chi connectivity index (χ1) is 18.2. The molecule has 0 fully saturated rings.